The molecule has 1 N–H and O–H groups in total. The standard InChI is InChI=1S/C19H13F2NO2/c20-16-7-3-1-5-13(16)15-11-22-18(9-12(15)10-19(23)24)14-6-2-4-8-17(14)21/h1-9,11H,10H2,(H,23,24). The van der Waals surface area contributed by atoms with Crippen molar-refractivity contribution in [2.45, 2.75) is 6.42 Å². The normalized spacial score (nSPS) is 10.6. The topological polar surface area (TPSA) is 50.2 Å². The zero-order valence-corrected chi connectivity index (χ0v) is 12.5. The summed E-state index contributed by atoms with van der Waals surface area (Å²) in [6.07, 6.45) is 1.08. The van der Waals surface area contributed by atoms with Crippen molar-refractivity contribution in [2.24, 2.45) is 0 Å². The van der Waals surface area contributed by atoms with Crippen molar-refractivity contribution in [1.29, 1.82) is 0 Å². The van der Waals surface area contributed by atoms with E-state index in [-0.39, 0.29) is 17.5 Å². The fourth-order valence-electron chi connectivity index (χ4n) is 2.54. The number of hydrogen-bond donors (Lipinski definition) is 1. The number of halogens is 2. The molecule has 3 rings (SSSR count). The van der Waals surface area contributed by atoms with Gasteiger partial charge in [-0.3, -0.25) is 9.78 Å². The summed E-state index contributed by atoms with van der Waals surface area (Å²) in [6, 6.07) is 13.7. The second kappa shape index (κ2) is 6.58. The van der Waals surface area contributed by atoms with Gasteiger partial charge in [-0.1, -0.05) is 30.3 Å². The first-order valence-electron chi connectivity index (χ1n) is 7.27. The molecule has 0 fully saturated rings. The number of rotatable bonds is 4. The van der Waals surface area contributed by atoms with Gasteiger partial charge in [-0.25, -0.2) is 8.78 Å². The highest BCUT2D eigenvalue weighted by Crippen LogP contribution is 2.30. The van der Waals surface area contributed by atoms with Crippen LogP contribution in [-0.2, 0) is 11.2 Å². The summed E-state index contributed by atoms with van der Waals surface area (Å²) in [5.41, 5.74) is 1.60. The van der Waals surface area contributed by atoms with Crippen LogP contribution in [0.15, 0.2) is 60.8 Å². The maximum absolute atomic E-state index is 14.0. The van der Waals surface area contributed by atoms with Crippen molar-refractivity contribution in [2.75, 3.05) is 0 Å². The highest BCUT2D eigenvalue weighted by atomic mass is 19.1. The van der Waals surface area contributed by atoms with Gasteiger partial charge in [-0.15, -0.1) is 0 Å². The minimum atomic E-state index is -1.06. The van der Waals surface area contributed by atoms with Crippen LogP contribution in [0.2, 0.25) is 0 Å². The quantitative estimate of drug-likeness (QED) is 0.777. The second-order valence-electron chi connectivity index (χ2n) is 5.26. The molecule has 24 heavy (non-hydrogen) atoms. The highest BCUT2D eigenvalue weighted by Gasteiger charge is 2.15. The van der Waals surface area contributed by atoms with Crippen LogP contribution in [-0.4, -0.2) is 16.1 Å². The fourth-order valence-corrected chi connectivity index (χ4v) is 2.54. The van der Waals surface area contributed by atoms with Crippen LogP contribution < -0.4 is 0 Å². The average molecular weight is 325 g/mol. The molecule has 0 bridgehead atoms. The van der Waals surface area contributed by atoms with E-state index in [0.717, 1.165) is 0 Å². The molecule has 0 unspecified atom stereocenters. The Hall–Kier alpha value is -3.08. The van der Waals surface area contributed by atoms with Crippen molar-refractivity contribution >= 4 is 5.97 Å². The lowest BCUT2D eigenvalue weighted by Crippen LogP contribution is -2.04. The lowest BCUT2D eigenvalue weighted by atomic mass is 9.97. The van der Waals surface area contributed by atoms with Crippen LogP contribution in [0, 0.1) is 11.6 Å². The summed E-state index contributed by atoms with van der Waals surface area (Å²) in [5.74, 6) is -1.98. The van der Waals surface area contributed by atoms with Crippen molar-refractivity contribution in [3.63, 3.8) is 0 Å². The molecule has 0 saturated carbocycles. The number of aromatic nitrogens is 1. The van der Waals surface area contributed by atoms with E-state index in [1.807, 2.05) is 0 Å². The third-order valence-corrected chi connectivity index (χ3v) is 3.65. The molecule has 0 spiro atoms. The molecule has 0 aliphatic rings. The second-order valence-corrected chi connectivity index (χ2v) is 5.26. The van der Waals surface area contributed by atoms with Crippen molar-refractivity contribution in [3.8, 4) is 22.4 Å². The zero-order valence-electron chi connectivity index (χ0n) is 12.5. The van der Waals surface area contributed by atoms with Crippen LogP contribution in [0.3, 0.4) is 0 Å². The molecule has 1 heterocycles. The fraction of sp³-hybridized carbons (Fsp3) is 0.0526. The van der Waals surface area contributed by atoms with E-state index in [1.165, 1.54) is 24.4 Å². The van der Waals surface area contributed by atoms with Crippen LogP contribution in [0.1, 0.15) is 5.56 Å². The van der Waals surface area contributed by atoms with Crippen molar-refractivity contribution in [3.05, 3.63) is 78.0 Å². The van der Waals surface area contributed by atoms with Crippen molar-refractivity contribution in [1.82, 2.24) is 4.98 Å². The van der Waals surface area contributed by atoms with Gasteiger partial charge in [0.1, 0.15) is 11.6 Å². The molecule has 0 radical (unpaired) electrons. The Morgan fingerprint density at radius 2 is 1.50 bits per heavy atom. The molecule has 3 aromatic rings. The van der Waals surface area contributed by atoms with Gasteiger partial charge in [0.2, 0.25) is 0 Å². The monoisotopic (exact) mass is 325 g/mol. The molecule has 1 aromatic heterocycles. The van der Waals surface area contributed by atoms with Crippen LogP contribution in [0.5, 0.6) is 0 Å². The number of pyridine rings is 1. The van der Waals surface area contributed by atoms with E-state index in [0.29, 0.717) is 16.8 Å². The summed E-state index contributed by atoms with van der Waals surface area (Å²) >= 11 is 0. The minimum absolute atomic E-state index is 0.265. The maximum atomic E-state index is 14.0. The zero-order chi connectivity index (χ0) is 17.1. The molecule has 0 atom stereocenters. The Morgan fingerprint density at radius 3 is 2.08 bits per heavy atom. The Morgan fingerprint density at radius 1 is 0.917 bits per heavy atom. The molecule has 0 saturated heterocycles. The molecule has 5 heteroatoms. The van der Waals surface area contributed by atoms with Gasteiger partial charge in [-0.2, -0.15) is 0 Å². The predicted molar refractivity (Wildman–Crippen MR) is 86.4 cm³/mol. The molecule has 0 amide bonds. The predicted octanol–water partition coefficient (Wildman–Crippen LogP) is 4.32. The van der Waals surface area contributed by atoms with Crippen LogP contribution in [0.25, 0.3) is 22.4 Å². The van der Waals surface area contributed by atoms with Gasteiger partial charge in [0.25, 0.3) is 0 Å². The van der Waals surface area contributed by atoms with E-state index in [2.05, 4.69) is 4.98 Å². The summed E-state index contributed by atoms with van der Waals surface area (Å²) in [7, 11) is 0. The van der Waals surface area contributed by atoms with Crippen LogP contribution >= 0.6 is 0 Å². The van der Waals surface area contributed by atoms with Gasteiger partial charge < -0.3 is 5.11 Å². The molecule has 0 aliphatic heterocycles. The number of nitrogens with zero attached hydrogens (tertiary/aromatic N) is 1. The van der Waals surface area contributed by atoms with E-state index < -0.39 is 17.6 Å². The average Bonchev–Trinajstić information content (AvgIpc) is 2.55. The lowest BCUT2D eigenvalue weighted by molar-refractivity contribution is -0.136. The van der Waals surface area contributed by atoms with Gasteiger partial charge in [0.15, 0.2) is 0 Å². The van der Waals surface area contributed by atoms with Gasteiger partial charge >= 0.3 is 5.97 Å². The lowest BCUT2D eigenvalue weighted by Gasteiger charge is -2.11. The number of carboxylic acids is 1. The third kappa shape index (κ3) is 3.15. The minimum Gasteiger partial charge on any atom is -0.481 e. The molecule has 120 valence electrons. The molecule has 0 aliphatic carbocycles. The first-order chi connectivity index (χ1) is 11.6. The Balaban J connectivity index is 2.16. The first kappa shape index (κ1) is 15.8. The van der Waals surface area contributed by atoms with E-state index in [9.17, 15) is 13.6 Å². The van der Waals surface area contributed by atoms with E-state index in [1.54, 1.807) is 36.4 Å². The maximum Gasteiger partial charge on any atom is 0.307 e. The Bertz CT molecular complexity index is 909. The Kier molecular flexibility index (Phi) is 4.33. The third-order valence-electron chi connectivity index (χ3n) is 3.65. The summed E-state index contributed by atoms with van der Waals surface area (Å²) in [4.78, 5) is 15.4. The molecule has 3 nitrogen and oxygen atoms in total. The molecular weight excluding hydrogens is 312 g/mol. The highest BCUT2D eigenvalue weighted by molar-refractivity contribution is 5.78. The summed E-state index contributed by atoms with van der Waals surface area (Å²) in [6.45, 7) is 0. The number of aliphatic carboxylic acids is 1. The van der Waals surface area contributed by atoms with Crippen molar-refractivity contribution < 1.29 is 18.7 Å². The van der Waals surface area contributed by atoms with Gasteiger partial charge in [-0.05, 0) is 29.8 Å². The van der Waals surface area contributed by atoms with Crippen LogP contribution in [0.4, 0.5) is 8.78 Å². The summed E-state index contributed by atoms with van der Waals surface area (Å²) < 4.78 is 28.0. The Labute approximate surface area is 137 Å². The van der Waals surface area contributed by atoms with Gasteiger partial charge in [0.05, 0.1) is 12.1 Å². The molecular formula is C19H13F2NO2. The van der Waals surface area contributed by atoms with Gasteiger partial charge in [0, 0.05) is 22.9 Å². The van der Waals surface area contributed by atoms with E-state index >= 15 is 0 Å². The smallest absolute Gasteiger partial charge is 0.307 e. The first-order valence-corrected chi connectivity index (χ1v) is 7.27. The number of hydrogen-bond acceptors (Lipinski definition) is 2. The van der Waals surface area contributed by atoms with E-state index in [4.69, 9.17) is 5.11 Å². The number of benzene rings is 2. The summed E-state index contributed by atoms with van der Waals surface area (Å²) in [5, 5.41) is 9.14. The number of carbonyl (C=O) groups is 1. The SMILES string of the molecule is O=C(O)Cc1cc(-c2ccccc2F)ncc1-c1ccccc1F. The largest absolute Gasteiger partial charge is 0.481 e. The number of carboxylic acid groups (broad SMARTS) is 1. The molecule has 2 aromatic carbocycles.